The van der Waals surface area contributed by atoms with E-state index < -0.39 is 17.7 Å². The molecule has 0 atom stereocenters. The molecule has 2 N–H and O–H groups in total. The van der Waals surface area contributed by atoms with Gasteiger partial charge in [0.05, 0.1) is 22.5 Å². The van der Waals surface area contributed by atoms with E-state index in [1.165, 1.54) is 0 Å². The van der Waals surface area contributed by atoms with Gasteiger partial charge in [0.25, 0.3) is 17.7 Å². The number of nitrogens with one attached hydrogen (secondary N) is 2. The lowest BCUT2D eigenvalue weighted by molar-refractivity contribution is -0.116. The Kier molecular flexibility index (Phi) is 6.24. The Morgan fingerprint density at radius 1 is 0.848 bits per heavy atom. The first kappa shape index (κ1) is 22.2. The minimum absolute atomic E-state index is 0.0451. The van der Waals surface area contributed by atoms with Crippen LogP contribution in [0, 0.1) is 6.92 Å². The maximum atomic E-state index is 12.6. The second kappa shape index (κ2) is 9.26. The largest absolute Gasteiger partial charge is 0.324 e. The molecule has 0 saturated carbocycles. The second-order valence-electron chi connectivity index (χ2n) is 7.62. The predicted octanol–water partition coefficient (Wildman–Crippen LogP) is 4.53. The SMILES string of the molecule is Cc1ccc2c(c1)C(=O)N(CCC(=O)Nc1ccccc1NC(=O)c1ccc(Cl)cc1)C2=O. The number of hydrogen-bond donors (Lipinski definition) is 2. The van der Waals surface area contributed by atoms with E-state index in [1.807, 2.05) is 6.92 Å². The molecule has 4 rings (SSSR count). The Balaban J connectivity index is 1.39. The van der Waals surface area contributed by atoms with Crippen LogP contribution in [0.25, 0.3) is 0 Å². The molecule has 166 valence electrons. The van der Waals surface area contributed by atoms with Crippen molar-refractivity contribution in [3.63, 3.8) is 0 Å². The van der Waals surface area contributed by atoms with Crippen LogP contribution >= 0.6 is 11.6 Å². The summed E-state index contributed by atoms with van der Waals surface area (Å²) in [4.78, 5) is 51.3. The normalized spacial score (nSPS) is 12.5. The maximum absolute atomic E-state index is 12.6. The number of fused-ring (bicyclic) bond motifs is 1. The van der Waals surface area contributed by atoms with Gasteiger partial charge in [-0.1, -0.05) is 35.4 Å². The van der Waals surface area contributed by atoms with Crippen LogP contribution in [0.1, 0.15) is 43.1 Å². The minimum Gasteiger partial charge on any atom is -0.324 e. The summed E-state index contributed by atoms with van der Waals surface area (Å²) in [6.45, 7) is 1.80. The molecule has 1 aliphatic heterocycles. The summed E-state index contributed by atoms with van der Waals surface area (Å²) < 4.78 is 0. The van der Waals surface area contributed by atoms with E-state index in [1.54, 1.807) is 66.7 Å². The van der Waals surface area contributed by atoms with Crippen LogP contribution in [0.2, 0.25) is 5.02 Å². The lowest BCUT2D eigenvalue weighted by Gasteiger charge is -2.15. The highest BCUT2D eigenvalue weighted by atomic mass is 35.5. The molecule has 0 aliphatic carbocycles. The molecule has 3 aromatic carbocycles. The average molecular weight is 462 g/mol. The zero-order valence-electron chi connectivity index (χ0n) is 17.7. The first-order valence-electron chi connectivity index (χ1n) is 10.3. The zero-order chi connectivity index (χ0) is 23.5. The molecule has 8 heteroatoms. The monoisotopic (exact) mass is 461 g/mol. The Morgan fingerprint density at radius 3 is 2.18 bits per heavy atom. The molecular formula is C25H20ClN3O4. The summed E-state index contributed by atoms with van der Waals surface area (Å²) in [6.07, 6.45) is -0.0794. The van der Waals surface area contributed by atoms with Crippen molar-refractivity contribution in [1.82, 2.24) is 4.90 Å². The van der Waals surface area contributed by atoms with Crippen molar-refractivity contribution >= 4 is 46.6 Å². The summed E-state index contributed by atoms with van der Waals surface area (Å²) in [6, 6.07) is 18.3. The van der Waals surface area contributed by atoms with Gasteiger partial charge >= 0.3 is 0 Å². The van der Waals surface area contributed by atoms with Crippen molar-refractivity contribution in [3.8, 4) is 0 Å². The lowest BCUT2D eigenvalue weighted by atomic mass is 10.1. The van der Waals surface area contributed by atoms with Crippen LogP contribution < -0.4 is 10.6 Å². The topological polar surface area (TPSA) is 95.6 Å². The van der Waals surface area contributed by atoms with Gasteiger partial charge in [-0.15, -0.1) is 0 Å². The molecule has 1 heterocycles. The number of halogens is 1. The Hall–Kier alpha value is -3.97. The first-order chi connectivity index (χ1) is 15.8. The minimum atomic E-state index is -0.404. The van der Waals surface area contributed by atoms with Crippen molar-refractivity contribution in [3.05, 3.63) is 94.0 Å². The van der Waals surface area contributed by atoms with E-state index in [2.05, 4.69) is 10.6 Å². The third-order valence-electron chi connectivity index (χ3n) is 5.24. The molecule has 0 bridgehead atoms. The smallest absolute Gasteiger partial charge is 0.261 e. The zero-order valence-corrected chi connectivity index (χ0v) is 18.5. The highest BCUT2D eigenvalue weighted by molar-refractivity contribution is 6.30. The van der Waals surface area contributed by atoms with Gasteiger partial charge < -0.3 is 10.6 Å². The fourth-order valence-corrected chi connectivity index (χ4v) is 3.66. The third kappa shape index (κ3) is 4.78. The van der Waals surface area contributed by atoms with Crippen LogP contribution in [0.15, 0.2) is 66.7 Å². The Labute approximate surface area is 195 Å². The molecule has 3 aromatic rings. The fraction of sp³-hybridized carbons (Fsp3) is 0.120. The predicted molar refractivity (Wildman–Crippen MR) is 126 cm³/mol. The van der Waals surface area contributed by atoms with Gasteiger partial charge in [-0.05, 0) is 55.5 Å². The molecule has 0 spiro atoms. The first-order valence-corrected chi connectivity index (χ1v) is 10.6. The van der Waals surface area contributed by atoms with Crippen LogP contribution in [-0.2, 0) is 4.79 Å². The van der Waals surface area contributed by atoms with Gasteiger partial charge in [-0.2, -0.15) is 0 Å². The molecule has 0 radical (unpaired) electrons. The molecule has 0 fully saturated rings. The molecule has 1 aliphatic rings. The number of anilines is 2. The number of amides is 4. The van der Waals surface area contributed by atoms with Gasteiger partial charge in [0.1, 0.15) is 0 Å². The van der Waals surface area contributed by atoms with Gasteiger partial charge in [0, 0.05) is 23.6 Å². The van der Waals surface area contributed by atoms with E-state index in [4.69, 9.17) is 11.6 Å². The number of para-hydroxylation sites is 2. The number of imide groups is 1. The molecule has 0 aromatic heterocycles. The van der Waals surface area contributed by atoms with Crippen molar-refractivity contribution in [2.45, 2.75) is 13.3 Å². The Bertz CT molecular complexity index is 1270. The van der Waals surface area contributed by atoms with Crippen molar-refractivity contribution < 1.29 is 19.2 Å². The summed E-state index contributed by atoms with van der Waals surface area (Å²) >= 11 is 5.86. The van der Waals surface area contributed by atoms with Gasteiger partial charge in [0.2, 0.25) is 5.91 Å². The quantitative estimate of drug-likeness (QED) is 0.527. The van der Waals surface area contributed by atoms with Crippen LogP contribution in [0.5, 0.6) is 0 Å². The highest BCUT2D eigenvalue weighted by Gasteiger charge is 2.35. The summed E-state index contributed by atoms with van der Waals surface area (Å²) in [5.74, 6) is -1.55. The average Bonchev–Trinajstić information content (AvgIpc) is 3.03. The second-order valence-corrected chi connectivity index (χ2v) is 8.05. The van der Waals surface area contributed by atoms with Crippen LogP contribution in [0.3, 0.4) is 0 Å². The number of carbonyl (C=O) groups excluding carboxylic acids is 4. The van der Waals surface area contributed by atoms with E-state index in [-0.39, 0.29) is 18.9 Å². The number of nitrogens with zero attached hydrogens (tertiary/aromatic N) is 1. The summed E-state index contributed by atoms with van der Waals surface area (Å²) in [5.41, 5.74) is 2.83. The van der Waals surface area contributed by atoms with Gasteiger partial charge in [-0.25, -0.2) is 0 Å². The Morgan fingerprint density at radius 2 is 1.48 bits per heavy atom. The fourth-order valence-electron chi connectivity index (χ4n) is 3.53. The van der Waals surface area contributed by atoms with E-state index in [9.17, 15) is 19.2 Å². The number of hydrogen-bond acceptors (Lipinski definition) is 4. The number of aryl methyl sites for hydroxylation is 1. The summed E-state index contributed by atoms with van der Waals surface area (Å²) in [5, 5.41) is 6.02. The van der Waals surface area contributed by atoms with Crippen molar-refractivity contribution in [1.29, 1.82) is 0 Å². The van der Waals surface area contributed by atoms with E-state index >= 15 is 0 Å². The number of benzene rings is 3. The number of rotatable bonds is 6. The highest BCUT2D eigenvalue weighted by Crippen LogP contribution is 2.25. The standard InChI is InChI=1S/C25H20ClN3O4/c1-15-6-11-18-19(14-15)25(33)29(24(18)32)13-12-22(30)27-20-4-2-3-5-21(20)28-23(31)16-7-9-17(26)10-8-16/h2-11,14H,12-13H2,1H3,(H,27,30)(H,28,31). The van der Waals surface area contributed by atoms with E-state index in [0.29, 0.717) is 33.1 Å². The van der Waals surface area contributed by atoms with Crippen LogP contribution in [0.4, 0.5) is 11.4 Å². The van der Waals surface area contributed by atoms with Gasteiger partial charge in [0.15, 0.2) is 0 Å². The maximum Gasteiger partial charge on any atom is 0.261 e. The van der Waals surface area contributed by atoms with Crippen LogP contribution in [-0.4, -0.2) is 35.1 Å². The molecule has 33 heavy (non-hydrogen) atoms. The van der Waals surface area contributed by atoms with E-state index in [0.717, 1.165) is 10.5 Å². The van der Waals surface area contributed by atoms with Crippen molar-refractivity contribution in [2.24, 2.45) is 0 Å². The third-order valence-corrected chi connectivity index (χ3v) is 5.50. The molecule has 4 amide bonds. The molecule has 7 nitrogen and oxygen atoms in total. The molecule has 0 saturated heterocycles. The molecular weight excluding hydrogens is 442 g/mol. The van der Waals surface area contributed by atoms with Gasteiger partial charge in [-0.3, -0.25) is 24.1 Å². The lowest BCUT2D eigenvalue weighted by Crippen LogP contribution is -2.33. The van der Waals surface area contributed by atoms with Crippen molar-refractivity contribution in [2.75, 3.05) is 17.2 Å². The molecule has 0 unspecified atom stereocenters. The number of carbonyl (C=O) groups is 4. The summed E-state index contributed by atoms with van der Waals surface area (Å²) in [7, 11) is 0.